The van der Waals surface area contributed by atoms with Crippen LogP contribution in [-0.2, 0) is 35.3 Å². The highest BCUT2D eigenvalue weighted by molar-refractivity contribution is 7.92. The number of benzene rings is 1. The predicted octanol–water partition coefficient (Wildman–Crippen LogP) is 2.26. The van der Waals surface area contributed by atoms with E-state index >= 15 is 0 Å². The summed E-state index contributed by atoms with van der Waals surface area (Å²) in [6.07, 6.45) is 0.836. The minimum atomic E-state index is -3.67. The molecule has 2 rings (SSSR count). The Balaban J connectivity index is 2.59. The van der Waals surface area contributed by atoms with E-state index < -0.39 is 38.4 Å². The first-order valence-electron chi connectivity index (χ1n) is 8.95. The van der Waals surface area contributed by atoms with Gasteiger partial charge in [-0.1, -0.05) is 38.1 Å². The van der Waals surface area contributed by atoms with Crippen LogP contribution in [0, 0.1) is 5.41 Å². The van der Waals surface area contributed by atoms with Crippen LogP contribution < -0.4 is 0 Å². The standard InChI is InChI=1S/C19H26O6S/c1-5-13-9-11-14(12-10-13)15-16(26(22,23)8-4)19(15,17(20)24-6-2)18(21)25-7-3/h9-12,15-16H,5-8H2,1-4H3/t15-,16+/m0/s1. The van der Waals surface area contributed by atoms with Crippen LogP contribution in [0.3, 0.4) is 0 Å². The van der Waals surface area contributed by atoms with Gasteiger partial charge in [-0.25, -0.2) is 8.42 Å². The molecular formula is C19H26O6S. The van der Waals surface area contributed by atoms with E-state index in [9.17, 15) is 18.0 Å². The number of esters is 2. The zero-order chi connectivity index (χ0) is 19.5. The quantitative estimate of drug-likeness (QED) is 0.506. The van der Waals surface area contributed by atoms with E-state index in [1.54, 1.807) is 26.0 Å². The maximum atomic E-state index is 12.7. The van der Waals surface area contributed by atoms with Crippen LogP contribution in [0.2, 0.25) is 0 Å². The molecule has 0 heterocycles. The molecule has 26 heavy (non-hydrogen) atoms. The van der Waals surface area contributed by atoms with E-state index in [1.807, 2.05) is 19.1 Å². The molecule has 0 saturated heterocycles. The molecule has 144 valence electrons. The highest BCUT2D eigenvalue weighted by atomic mass is 32.2. The number of aryl methyl sites for hydroxylation is 1. The zero-order valence-electron chi connectivity index (χ0n) is 15.7. The number of hydrogen-bond acceptors (Lipinski definition) is 6. The predicted molar refractivity (Wildman–Crippen MR) is 97.5 cm³/mol. The second-order valence-electron chi connectivity index (χ2n) is 6.25. The Morgan fingerprint density at radius 2 is 1.46 bits per heavy atom. The summed E-state index contributed by atoms with van der Waals surface area (Å²) in [6.45, 7) is 6.87. The number of carbonyl (C=O) groups is 2. The van der Waals surface area contributed by atoms with Gasteiger partial charge in [-0.3, -0.25) is 9.59 Å². The lowest BCUT2D eigenvalue weighted by Gasteiger charge is -2.15. The molecule has 1 fully saturated rings. The molecule has 1 saturated carbocycles. The number of carbonyl (C=O) groups excluding carboxylic acids is 2. The highest BCUT2D eigenvalue weighted by Gasteiger charge is 2.81. The molecule has 1 aliphatic carbocycles. The van der Waals surface area contributed by atoms with Crippen molar-refractivity contribution in [1.82, 2.24) is 0 Å². The minimum absolute atomic E-state index is 0.0559. The molecule has 0 amide bonds. The van der Waals surface area contributed by atoms with Gasteiger partial charge in [-0.05, 0) is 31.4 Å². The van der Waals surface area contributed by atoms with Gasteiger partial charge in [0.15, 0.2) is 15.3 Å². The third-order valence-electron chi connectivity index (χ3n) is 4.90. The Morgan fingerprint density at radius 3 is 1.85 bits per heavy atom. The van der Waals surface area contributed by atoms with Gasteiger partial charge >= 0.3 is 11.9 Å². The van der Waals surface area contributed by atoms with Crippen LogP contribution >= 0.6 is 0 Å². The topological polar surface area (TPSA) is 86.7 Å². The zero-order valence-corrected chi connectivity index (χ0v) is 16.5. The molecule has 0 aromatic heterocycles. The third kappa shape index (κ3) is 3.24. The summed E-state index contributed by atoms with van der Waals surface area (Å²) in [7, 11) is -3.67. The van der Waals surface area contributed by atoms with Gasteiger partial charge in [0.25, 0.3) is 0 Å². The summed E-state index contributed by atoms with van der Waals surface area (Å²) in [5.41, 5.74) is -0.110. The first kappa shape index (κ1) is 20.4. The summed E-state index contributed by atoms with van der Waals surface area (Å²) in [5.74, 6) is -2.62. The molecule has 0 unspecified atom stereocenters. The molecule has 1 aliphatic rings. The normalized spacial score (nSPS) is 21.1. The highest BCUT2D eigenvalue weighted by Crippen LogP contribution is 2.64. The largest absolute Gasteiger partial charge is 0.465 e. The van der Waals surface area contributed by atoms with Crippen molar-refractivity contribution >= 4 is 21.8 Å². The fourth-order valence-electron chi connectivity index (χ4n) is 3.50. The first-order chi connectivity index (χ1) is 12.3. The van der Waals surface area contributed by atoms with E-state index in [0.29, 0.717) is 5.56 Å². The van der Waals surface area contributed by atoms with Crippen molar-refractivity contribution in [1.29, 1.82) is 0 Å². The van der Waals surface area contributed by atoms with Gasteiger partial charge in [0.05, 0.1) is 18.5 Å². The molecule has 1 aromatic rings. The number of sulfone groups is 1. The van der Waals surface area contributed by atoms with Crippen LogP contribution in [0.5, 0.6) is 0 Å². The number of rotatable bonds is 8. The monoisotopic (exact) mass is 382 g/mol. The molecule has 0 radical (unpaired) electrons. The fourth-order valence-corrected chi connectivity index (χ4v) is 5.47. The maximum absolute atomic E-state index is 12.7. The van der Waals surface area contributed by atoms with Crippen molar-refractivity contribution in [2.24, 2.45) is 5.41 Å². The van der Waals surface area contributed by atoms with E-state index in [-0.39, 0.29) is 19.0 Å². The van der Waals surface area contributed by atoms with Gasteiger partial charge < -0.3 is 9.47 Å². The second kappa shape index (κ2) is 7.78. The van der Waals surface area contributed by atoms with Crippen molar-refractivity contribution in [3.8, 4) is 0 Å². The van der Waals surface area contributed by atoms with Crippen molar-refractivity contribution < 1.29 is 27.5 Å². The molecule has 0 bridgehead atoms. The van der Waals surface area contributed by atoms with Crippen LogP contribution in [0.4, 0.5) is 0 Å². The maximum Gasteiger partial charge on any atom is 0.325 e. The minimum Gasteiger partial charge on any atom is -0.465 e. The van der Waals surface area contributed by atoms with Crippen LogP contribution in [0.25, 0.3) is 0 Å². The van der Waals surface area contributed by atoms with Crippen LogP contribution in [-0.4, -0.2) is 44.6 Å². The van der Waals surface area contributed by atoms with Gasteiger partial charge in [0.2, 0.25) is 0 Å². The summed E-state index contributed by atoms with van der Waals surface area (Å²) >= 11 is 0. The lowest BCUT2D eigenvalue weighted by Crippen LogP contribution is -2.36. The van der Waals surface area contributed by atoms with Crippen molar-refractivity contribution in [3.63, 3.8) is 0 Å². The molecular weight excluding hydrogens is 356 g/mol. The summed E-state index contributed by atoms with van der Waals surface area (Å²) in [4.78, 5) is 25.5. The van der Waals surface area contributed by atoms with Crippen LogP contribution in [0.1, 0.15) is 44.7 Å². The van der Waals surface area contributed by atoms with Gasteiger partial charge in [-0.2, -0.15) is 0 Å². The van der Waals surface area contributed by atoms with E-state index in [2.05, 4.69) is 0 Å². The molecule has 0 spiro atoms. The van der Waals surface area contributed by atoms with Gasteiger partial charge in [0, 0.05) is 11.7 Å². The Kier molecular flexibility index (Phi) is 6.11. The summed E-state index contributed by atoms with van der Waals surface area (Å²) in [5, 5.41) is -1.16. The van der Waals surface area contributed by atoms with E-state index in [1.165, 1.54) is 6.92 Å². The van der Waals surface area contributed by atoms with Crippen molar-refractivity contribution in [3.05, 3.63) is 35.4 Å². The third-order valence-corrected chi connectivity index (χ3v) is 7.12. The van der Waals surface area contributed by atoms with Crippen molar-refractivity contribution in [2.45, 2.75) is 45.3 Å². The Labute approximate surface area is 154 Å². The molecule has 0 N–H and O–H groups in total. The van der Waals surface area contributed by atoms with Crippen molar-refractivity contribution in [2.75, 3.05) is 19.0 Å². The number of ether oxygens (including phenoxy) is 2. The lowest BCUT2D eigenvalue weighted by molar-refractivity contribution is -0.164. The second-order valence-corrected chi connectivity index (χ2v) is 8.67. The molecule has 7 heteroatoms. The lowest BCUT2D eigenvalue weighted by atomic mass is 9.98. The van der Waals surface area contributed by atoms with E-state index in [0.717, 1.165) is 12.0 Å². The van der Waals surface area contributed by atoms with Crippen LogP contribution in [0.15, 0.2) is 24.3 Å². The molecule has 1 aromatic carbocycles. The first-order valence-corrected chi connectivity index (χ1v) is 10.7. The average Bonchev–Trinajstić information content (AvgIpc) is 3.35. The Bertz CT molecular complexity index is 748. The Hall–Kier alpha value is -1.89. The van der Waals surface area contributed by atoms with Gasteiger partial charge in [0.1, 0.15) is 0 Å². The molecule has 0 aliphatic heterocycles. The SMILES string of the molecule is CCOC(=O)C1(C(=O)OCC)[C@H](S(=O)(=O)CC)[C@@H]1c1ccc(CC)cc1. The molecule has 6 nitrogen and oxygen atoms in total. The Morgan fingerprint density at radius 1 is 0.962 bits per heavy atom. The summed E-state index contributed by atoms with van der Waals surface area (Å²) < 4.78 is 35.6. The average molecular weight is 382 g/mol. The summed E-state index contributed by atoms with van der Waals surface area (Å²) in [6, 6.07) is 7.32. The van der Waals surface area contributed by atoms with Gasteiger partial charge in [-0.15, -0.1) is 0 Å². The van der Waals surface area contributed by atoms with E-state index in [4.69, 9.17) is 9.47 Å². The number of hydrogen-bond donors (Lipinski definition) is 0. The fraction of sp³-hybridized carbons (Fsp3) is 0.579. The molecule has 2 atom stereocenters. The smallest absolute Gasteiger partial charge is 0.325 e.